The Kier molecular flexibility index (Phi) is 5.88. The van der Waals surface area contributed by atoms with Crippen LogP contribution < -0.4 is 16.0 Å². The van der Waals surface area contributed by atoms with Gasteiger partial charge < -0.3 is 16.0 Å². The second-order valence-corrected chi connectivity index (χ2v) is 12.7. The Labute approximate surface area is 216 Å². The highest BCUT2D eigenvalue weighted by Gasteiger charge is 2.37. The SMILES string of the molecule is CN(C)c1ccc(Nc2nc(N)c(-c3nc(-c4ccc5c(c4)C(C)(C)CCC5(C)C)cs3)s2)cc1. The van der Waals surface area contributed by atoms with Gasteiger partial charge in [0.1, 0.15) is 15.7 Å². The van der Waals surface area contributed by atoms with Crippen LogP contribution in [0.2, 0.25) is 0 Å². The van der Waals surface area contributed by atoms with Gasteiger partial charge in [0.05, 0.1) is 5.69 Å². The van der Waals surface area contributed by atoms with E-state index in [9.17, 15) is 0 Å². The summed E-state index contributed by atoms with van der Waals surface area (Å²) in [5.41, 5.74) is 13.9. The van der Waals surface area contributed by atoms with E-state index in [0.717, 1.165) is 32.1 Å². The van der Waals surface area contributed by atoms with Crippen molar-refractivity contribution in [2.24, 2.45) is 0 Å². The molecule has 2 aromatic heterocycles. The lowest BCUT2D eigenvalue weighted by molar-refractivity contribution is 0.332. The van der Waals surface area contributed by atoms with E-state index in [1.165, 1.54) is 40.9 Å². The lowest BCUT2D eigenvalue weighted by atomic mass is 9.63. The summed E-state index contributed by atoms with van der Waals surface area (Å²) in [6.45, 7) is 9.43. The smallest absolute Gasteiger partial charge is 0.189 e. The van der Waals surface area contributed by atoms with Crippen molar-refractivity contribution in [1.29, 1.82) is 0 Å². The number of anilines is 4. The van der Waals surface area contributed by atoms with Crippen LogP contribution in [0.3, 0.4) is 0 Å². The molecule has 0 aliphatic heterocycles. The van der Waals surface area contributed by atoms with Crippen molar-refractivity contribution in [3.8, 4) is 21.1 Å². The van der Waals surface area contributed by atoms with Gasteiger partial charge in [-0.25, -0.2) is 9.97 Å². The highest BCUT2D eigenvalue weighted by Crippen LogP contribution is 2.47. The molecule has 4 aromatic rings. The number of nitrogens with two attached hydrogens (primary N) is 1. The maximum Gasteiger partial charge on any atom is 0.189 e. The number of fused-ring (bicyclic) bond motifs is 1. The van der Waals surface area contributed by atoms with Crippen molar-refractivity contribution < 1.29 is 0 Å². The molecule has 5 rings (SSSR count). The van der Waals surface area contributed by atoms with Gasteiger partial charge in [0.25, 0.3) is 0 Å². The van der Waals surface area contributed by atoms with Crippen LogP contribution in [0.1, 0.15) is 51.7 Å². The minimum absolute atomic E-state index is 0.174. The Balaban J connectivity index is 1.41. The first-order chi connectivity index (χ1) is 16.5. The molecule has 0 saturated heterocycles. The first-order valence-corrected chi connectivity index (χ1v) is 13.7. The molecule has 0 unspecified atom stereocenters. The topological polar surface area (TPSA) is 67.1 Å². The zero-order valence-electron chi connectivity index (χ0n) is 21.3. The average Bonchev–Trinajstić information content (AvgIpc) is 3.44. The number of nitrogens with zero attached hydrogens (tertiary/aromatic N) is 3. The number of thiazole rings is 2. The number of hydrogen-bond donors (Lipinski definition) is 2. The molecule has 0 spiro atoms. The molecule has 5 nitrogen and oxygen atoms in total. The molecule has 2 heterocycles. The number of hydrogen-bond acceptors (Lipinski definition) is 7. The normalized spacial score (nSPS) is 16.1. The van der Waals surface area contributed by atoms with Crippen LogP contribution in [0.15, 0.2) is 47.8 Å². The highest BCUT2D eigenvalue weighted by atomic mass is 32.1. The van der Waals surface area contributed by atoms with E-state index in [0.29, 0.717) is 5.82 Å². The molecule has 0 fully saturated rings. The van der Waals surface area contributed by atoms with Crippen molar-refractivity contribution in [1.82, 2.24) is 9.97 Å². The van der Waals surface area contributed by atoms with E-state index >= 15 is 0 Å². The van der Waals surface area contributed by atoms with Gasteiger partial charge in [-0.2, -0.15) is 0 Å². The summed E-state index contributed by atoms with van der Waals surface area (Å²) in [6, 6.07) is 15.1. The zero-order chi connectivity index (χ0) is 25.0. The van der Waals surface area contributed by atoms with Crippen LogP contribution in [-0.4, -0.2) is 24.1 Å². The number of nitrogens with one attached hydrogen (secondary N) is 1. The second-order valence-electron chi connectivity index (χ2n) is 10.9. The molecule has 1 aliphatic carbocycles. The standard InChI is InChI=1S/C28H33N5S2/c1-27(2)13-14-28(3,4)21-15-17(7-12-20(21)27)22-16-34-25(31-22)23-24(29)32-26(35-23)30-18-8-10-19(11-9-18)33(5)6/h7-12,15-16H,13-14,29H2,1-6H3,(H,30,32). The van der Waals surface area contributed by atoms with E-state index in [2.05, 4.69) is 78.6 Å². The number of aromatic nitrogens is 2. The van der Waals surface area contributed by atoms with Gasteiger partial charge in [0.2, 0.25) is 0 Å². The maximum atomic E-state index is 6.31. The predicted molar refractivity (Wildman–Crippen MR) is 152 cm³/mol. The number of benzene rings is 2. The summed E-state index contributed by atoms with van der Waals surface area (Å²) in [6.07, 6.45) is 2.41. The van der Waals surface area contributed by atoms with Crippen molar-refractivity contribution >= 4 is 45.0 Å². The Bertz CT molecular complexity index is 1360. The summed E-state index contributed by atoms with van der Waals surface area (Å²) in [7, 11) is 4.06. The first-order valence-electron chi connectivity index (χ1n) is 12.0. The maximum absolute atomic E-state index is 6.31. The van der Waals surface area contributed by atoms with Gasteiger partial charge in [0, 0.05) is 36.4 Å². The van der Waals surface area contributed by atoms with Gasteiger partial charge in [0.15, 0.2) is 5.13 Å². The third-order valence-corrected chi connectivity index (χ3v) is 9.12. The summed E-state index contributed by atoms with van der Waals surface area (Å²) >= 11 is 3.16. The molecule has 35 heavy (non-hydrogen) atoms. The van der Waals surface area contributed by atoms with Crippen molar-refractivity contribution in [2.75, 3.05) is 30.0 Å². The van der Waals surface area contributed by atoms with Crippen molar-refractivity contribution in [3.05, 3.63) is 59.0 Å². The van der Waals surface area contributed by atoms with E-state index in [-0.39, 0.29) is 10.8 Å². The van der Waals surface area contributed by atoms with Gasteiger partial charge in [-0.1, -0.05) is 51.2 Å². The molecular formula is C28H33N5S2. The third kappa shape index (κ3) is 4.55. The van der Waals surface area contributed by atoms with Crippen LogP contribution in [0, 0.1) is 0 Å². The number of nitrogen functional groups attached to an aromatic ring is 1. The largest absolute Gasteiger partial charge is 0.382 e. The van der Waals surface area contributed by atoms with E-state index < -0.39 is 0 Å². The molecule has 0 radical (unpaired) electrons. The van der Waals surface area contributed by atoms with Gasteiger partial charge in [-0.3, -0.25) is 0 Å². The zero-order valence-corrected chi connectivity index (χ0v) is 22.9. The number of rotatable bonds is 5. The molecule has 182 valence electrons. The Morgan fingerprint density at radius 3 is 2.29 bits per heavy atom. The highest BCUT2D eigenvalue weighted by molar-refractivity contribution is 7.23. The van der Waals surface area contributed by atoms with Gasteiger partial charge in [-0.15, -0.1) is 11.3 Å². The minimum Gasteiger partial charge on any atom is -0.382 e. The minimum atomic E-state index is 0.174. The monoisotopic (exact) mass is 503 g/mol. The van der Waals surface area contributed by atoms with Crippen LogP contribution in [0.25, 0.3) is 21.1 Å². The summed E-state index contributed by atoms with van der Waals surface area (Å²) in [4.78, 5) is 12.5. The van der Waals surface area contributed by atoms with Crippen LogP contribution in [-0.2, 0) is 10.8 Å². The summed E-state index contributed by atoms with van der Waals surface area (Å²) in [5, 5.41) is 7.18. The van der Waals surface area contributed by atoms with E-state index in [1.807, 2.05) is 26.2 Å². The molecule has 0 bridgehead atoms. The Morgan fingerprint density at radius 1 is 0.914 bits per heavy atom. The molecular weight excluding hydrogens is 470 g/mol. The molecule has 0 amide bonds. The van der Waals surface area contributed by atoms with Gasteiger partial charge in [-0.05, 0) is 65.1 Å². The lowest BCUT2D eigenvalue weighted by Crippen LogP contribution is -2.33. The van der Waals surface area contributed by atoms with Crippen LogP contribution in [0.4, 0.5) is 22.3 Å². The fourth-order valence-electron chi connectivity index (χ4n) is 4.76. The predicted octanol–water partition coefficient (Wildman–Crippen LogP) is 7.67. The molecule has 0 atom stereocenters. The quantitative estimate of drug-likeness (QED) is 0.292. The molecule has 0 saturated carbocycles. The van der Waals surface area contributed by atoms with E-state index in [1.54, 1.807) is 11.3 Å². The Morgan fingerprint density at radius 2 is 1.60 bits per heavy atom. The van der Waals surface area contributed by atoms with Gasteiger partial charge >= 0.3 is 0 Å². The Hall–Kier alpha value is -2.90. The fraction of sp³-hybridized carbons (Fsp3) is 0.357. The summed E-state index contributed by atoms with van der Waals surface area (Å²) in [5.74, 6) is 0.511. The molecule has 7 heteroatoms. The third-order valence-electron chi connectivity index (χ3n) is 7.14. The fourth-order valence-corrected chi connectivity index (χ4v) is 6.60. The van der Waals surface area contributed by atoms with Crippen molar-refractivity contribution in [3.63, 3.8) is 0 Å². The lowest BCUT2D eigenvalue weighted by Gasteiger charge is -2.42. The van der Waals surface area contributed by atoms with Crippen molar-refractivity contribution in [2.45, 2.75) is 51.4 Å². The molecule has 3 N–H and O–H groups in total. The molecule has 2 aromatic carbocycles. The summed E-state index contributed by atoms with van der Waals surface area (Å²) < 4.78 is 0. The van der Waals surface area contributed by atoms with Crippen LogP contribution >= 0.6 is 22.7 Å². The first kappa shape index (κ1) is 23.8. The van der Waals surface area contributed by atoms with E-state index in [4.69, 9.17) is 10.7 Å². The second kappa shape index (κ2) is 8.64. The average molecular weight is 504 g/mol. The molecule has 1 aliphatic rings. The van der Waals surface area contributed by atoms with Crippen LogP contribution in [0.5, 0.6) is 0 Å².